The molecular weight excluding hydrogens is 438 g/mol. The molecule has 2 bridgehead atoms. The number of aliphatic hydroxyl groups excluding tert-OH is 2. The number of aliphatic hydroxyl groups is 2. The second-order valence-electron chi connectivity index (χ2n) is 12.0. The van der Waals surface area contributed by atoms with Gasteiger partial charge in [0.25, 0.3) is 0 Å². The first-order chi connectivity index (χ1) is 16.7. The molecule has 2 aromatic rings. The zero-order valence-electron chi connectivity index (χ0n) is 21.0. The molecule has 1 saturated carbocycles. The van der Waals surface area contributed by atoms with Crippen LogP contribution in [0.5, 0.6) is 0 Å². The number of imidazole rings is 1. The van der Waals surface area contributed by atoms with Crippen molar-refractivity contribution in [3.8, 4) is 0 Å². The van der Waals surface area contributed by atoms with Crippen LogP contribution in [-0.2, 0) is 4.74 Å². The number of hydrogen-bond acceptors (Lipinski definition) is 5. The minimum atomic E-state index is -0.893. The molecule has 3 heterocycles. The summed E-state index contributed by atoms with van der Waals surface area (Å²) in [7, 11) is 3.96. The molecule has 1 saturated heterocycles. The maximum absolute atomic E-state index is 11.2. The number of aromatic nitrogens is 2. The molecule has 5 aliphatic rings. The normalized spacial score (nSPS) is 44.0. The number of allylic oxidation sites excluding steroid dienone is 3. The van der Waals surface area contributed by atoms with Crippen molar-refractivity contribution in [2.45, 2.75) is 69.0 Å². The summed E-state index contributed by atoms with van der Waals surface area (Å²) in [5.74, 6) is 0.643. The molecule has 0 radical (unpaired) electrons. The molecule has 0 amide bonds. The summed E-state index contributed by atoms with van der Waals surface area (Å²) in [4.78, 5) is 9.70. The lowest BCUT2D eigenvalue weighted by molar-refractivity contribution is -0.165. The van der Waals surface area contributed by atoms with Crippen LogP contribution in [0.2, 0.25) is 0 Å². The summed E-state index contributed by atoms with van der Waals surface area (Å²) in [6, 6.07) is 6.43. The van der Waals surface area contributed by atoms with Crippen molar-refractivity contribution in [3.63, 3.8) is 0 Å². The van der Waals surface area contributed by atoms with Gasteiger partial charge in [-0.15, -0.1) is 0 Å². The van der Waals surface area contributed by atoms with Crippen LogP contribution in [-0.4, -0.2) is 68.6 Å². The SMILES string of the molecule is CC1C=C2C=C3C(O)C(O)C(N(C)C)CC34CCC2(O4)C2CC=C(c3ccc4nc[nH]c4c3)C12C. The Kier molecular flexibility index (Phi) is 4.36. The van der Waals surface area contributed by atoms with Crippen LogP contribution in [0.15, 0.2) is 53.9 Å². The molecule has 7 rings (SSSR count). The Morgan fingerprint density at radius 1 is 1.20 bits per heavy atom. The van der Waals surface area contributed by atoms with Crippen molar-refractivity contribution in [2.75, 3.05) is 14.1 Å². The summed E-state index contributed by atoms with van der Waals surface area (Å²) in [5.41, 5.74) is 5.92. The Bertz CT molecular complexity index is 1320. The number of fused-ring (bicyclic) bond motifs is 2. The van der Waals surface area contributed by atoms with Gasteiger partial charge in [-0.25, -0.2) is 4.98 Å². The van der Waals surface area contributed by atoms with Crippen LogP contribution in [0.1, 0.15) is 45.1 Å². The molecule has 3 N–H and O–H groups in total. The number of hydrogen-bond donors (Lipinski definition) is 3. The van der Waals surface area contributed by atoms with E-state index in [4.69, 9.17) is 4.74 Å². The molecule has 8 unspecified atom stereocenters. The highest BCUT2D eigenvalue weighted by Gasteiger charge is 2.68. The Labute approximate surface area is 206 Å². The van der Waals surface area contributed by atoms with Crippen molar-refractivity contribution in [3.05, 3.63) is 59.5 Å². The van der Waals surface area contributed by atoms with E-state index in [1.54, 1.807) is 6.33 Å². The topological polar surface area (TPSA) is 81.6 Å². The van der Waals surface area contributed by atoms with E-state index in [-0.39, 0.29) is 17.1 Å². The number of likely N-dealkylation sites (N-methyl/N-ethyl adjacent to an activating group) is 1. The van der Waals surface area contributed by atoms with Crippen molar-refractivity contribution >= 4 is 16.6 Å². The highest BCUT2D eigenvalue weighted by Crippen LogP contribution is 2.69. The number of nitrogens with one attached hydrogen (secondary N) is 1. The van der Waals surface area contributed by atoms with E-state index in [0.29, 0.717) is 11.8 Å². The molecule has 2 spiro atoms. The van der Waals surface area contributed by atoms with Gasteiger partial charge in [0.05, 0.1) is 34.7 Å². The van der Waals surface area contributed by atoms with Gasteiger partial charge in [-0.3, -0.25) is 0 Å². The smallest absolute Gasteiger partial charge is 0.105 e. The zero-order chi connectivity index (χ0) is 24.3. The summed E-state index contributed by atoms with van der Waals surface area (Å²) >= 11 is 0. The number of aromatic amines is 1. The van der Waals surface area contributed by atoms with Gasteiger partial charge in [-0.2, -0.15) is 0 Å². The third-order valence-electron chi connectivity index (χ3n) is 10.4. The molecule has 1 aromatic carbocycles. The van der Waals surface area contributed by atoms with Gasteiger partial charge < -0.3 is 24.8 Å². The second kappa shape index (κ2) is 6.94. The molecule has 2 aliphatic heterocycles. The van der Waals surface area contributed by atoms with Crippen molar-refractivity contribution in [1.82, 2.24) is 14.9 Å². The Balaban J connectivity index is 1.33. The molecule has 6 heteroatoms. The lowest BCUT2D eigenvalue weighted by Gasteiger charge is -2.57. The summed E-state index contributed by atoms with van der Waals surface area (Å²) < 4.78 is 7.27. The van der Waals surface area contributed by atoms with E-state index < -0.39 is 17.8 Å². The Morgan fingerprint density at radius 2 is 2.03 bits per heavy atom. The zero-order valence-corrected chi connectivity index (χ0v) is 21.0. The summed E-state index contributed by atoms with van der Waals surface area (Å²) in [6.45, 7) is 4.75. The Morgan fingerprint density at radius 3 is 2.83 bits per heavy atom. The van der Waals surface area contributed by atoms with E-state index in [9.17, 15) is 10.2 Å². The molecule has 1 aromatic heterocycles. The van der Waals surface area contributed by atoms with Crippen LogP contribution in [0.4, 0.5) is 0 Å². The first-order valence-electron chi connectivity index (χ1n) is 13.0. The maximum atomic E-state index is 11.2. The lowest BCUT2D eigenvalue weighted by Crippen LogP contribution is -2.62. The third kappa shape index (κ3) is 2.61. The molecule has 2 fully saturated rings. The molecule has 184 valence electrons. The first-order valence-corrected chi connectivity index (χ1v) is 13.0. The Hall–Kier alpha value is -2.25. The van der Waals surface area contributed by atoms with Gasteiger partial charge >= 0.3 is 0 Å². The van der Waals surface area contributed by atoms with Crippen molar-refractivity contribution in [1.29, 1.82) is 0 Å². The van der Waals surface area contributed by atoms with E-state index >= 15 is 0 Å². The van der Waals surface area contributed by atoms with Crippen molar-refractivity contribution in [2.24, 2.45) is 17.3 Å². The highest BCUT2D eigenvalue weighted by atomic mass is 16.5. The van der Waals surface area contributed by atoms with Gasteiger partial charge in [0, 0.05) is 17.4 Å². The van der Waals surface area contributed by atoms with E-state index in [1.807, 2.05) is 19.0 Å². The molecule has 6 nitrogen and oxygen atoms in total. The quantitative estimate of drug-likeness (QED) is 0.618. The average molecular weight is 474 g/mol. The minimum Gasteiger partial charge on any atom is -0.388 e. The number of ether oxygens (including phenoxy) is 1. The molecule has 3 aliphatic carbocycles. The fraction of sp³-hybridized carbons (Fsp3) is 0.552. The van der Waals surface area contributed by atoms with Gasteiger partial charge in [0.1, 0.15) is 6.10 Å². The monoisotopic (exact) mass is 473 g/mol. The second-order valence-corrected chi connectivity index (χ2v) is 12.0. The third-order valence-corrected chi connectivity index (χ3v) is 10.4. The van der Waals surface area contributed by atoms with Gasteiger partial charge in [0.2, 0.25) is 0 Å². The highest BCUT2D eigenvalue weighted by molar-refractivity contribution is 5.83. The van der Waals surface area contributed by atoms with Gasteiger partial charge in [0.15, 0.2) is 0 Å². The molecule has 35 heavy (non-hydrogen) atoms. The summed E-state index contributed by atoms with van der Waals surface area (Å²) in [5, 5.41) is 22.1. The van der Waals surface area contributed by atoms with Crippen LogP contribution in [0, 0.1) is 17.3 Å². The molecule has 8 atom stereocenters. The average Bonchev–Trinajstić information content (AvgIpc) is 3.52. The predicted molar refractivity (Wildman–Crippen MR) is 136 cm³/mol. The van der Waals surface area contributed by atoms with Crippen LogP contribution in [0.25, 0.3) is 16.6 Å². The predicted octanol–water partition coefficient (Wildman–Crippen LogP) is 3.83. The van der Waals surface area contributed by atoms with Crippen LogP contribution in [0.3, 0.4) is 0 Å². The lowest BCUT2D eigenvalue weighted by atomic mass is 9.54. The summed E-state index contributed by atoms with van der Waals surface area (Å²) in [6.07, 6.45) is 10.6. The maximum Gasteiger partial charge on any atom is 0.105 e. The van der Waals surface area contributed by atoms with Crippen LogP contribution < -0.4 is 0 Å². The number of rotatable bonds is 2. The number of nitrogens with zero attached hydrogens (tertiary/aromatic N) is 2. The fourth-order valence-electron chi connectivity index (χ4n) is 8.36. The van der Waals surface area contributed by atoms with Crippen LogP contribution >= 0.6 is 0 Å². The first kappa shape index (κ1) is 22.0. The van der Waals surface area contributed by atoms with E-state index in [1.165, 1.54) is 16.7 Å². The van der Waals surface area contributed by atoms with Gasteiger partial charge in [-0.1, -0.05) is 38.1 Å². The largest absolute Gasteiger partial charge is 0.388 e. The fourth-order valence-corrected chi connectivity index (χ4v) is 8.36. The van der Waals surface area contributed by atoms with Gasteiger partial charge in [-0.05, 0) is 80.1 Å². The standard InChI is InChI=1S/C29H35N3O3/c1-16-11-18-13-20-25(33)26(34)23(32(3)4)14-28(20)9-10-29(18,35-28)24-8-6-19(27(16,24)2)17-5-7-21-22(12-17)31-15-30-21/h5-7,11-13,15-16,23-26,33-34H,8-10,14H2,1-4H3,(H,30,31). The van der Waals surface area contributed by atoms with E-state index in [2.05, 4.69) is 60.2 Å². The number of H-pyrrole nitrogens is 1. The molecular formula is C29H35N3O3. The minimum absolute atomic E-state index is 0.0538. The van der Waals surface area contributed by atoms with E-state index in [0.717, 1.165) is 42.3 Å². The number of benzene rings is 1. The van der Waals surface area contributed by atoms with Crippen molar-refractivity contribution < 1.29 is 14.9 Å².